The van der Waals surface area contributed by atoms with Gasteiger partial charge in [0.25, 0.3) is 10.0 Å². The number of sulfonamides is 1. The van der Waals surface area contributed by atoms with E-state index in [1.54, 1.807) is 6.07 Å². The normalized spacial score (nSPS) is 17.4. The Labute approximate surface area is 125 Å². The van der Waals surface area contributed by atoms with Crippen LogP contribution in [0.5, 0.6) is 5.75 Å². The van der Waals surface area contributed by atoms with Gasteiger partial charge in [0.05, 0.1) is 18.2 Å². The number of halogens is 2. The third kappa shape index (κ3) is 3.05. The molecule has 0 aromatic heterocycles. The van der Waals surface area contributed by atoms with E-state index in [1.165, 1.54) is 13.2 Å². The zero-order valence-corrected chi connectivity index (χ0v) is 13.4. The predicted molar refractivity (Wildman–Crippen MR) is 74.8 cm³/mol. The lowest BCUT2D eigenvalue weighted by atomic mass is 10.3. The van der Waals surface area contributed by atoms with E-state index in [2.05, 4.69) is 15.9 Å². The Morgan fingerprint density at radius 3 is 2.74 bits per heavy atom. The molecule has 2 rings (SSSR count). The van der Waals surface area contributed by atoms with Crippen LogP contribution in [-0.4, -0.2) is 33.1 Å². The minimum absolute atomic E-state index is 0.00345. The number of hydrogen-bond donors (Lipinski definition) is 0. The molecule has 5 nitrogen and oxygen atoms in total. The van der Waals surface area contributed by atoms with E-state index in [4.69, 9.17) is 21.2 Å². The summed E-state index contributed by atoms with van der Waals surface area (Å²) in [6, 6.07) is 2.94. The molecule has 1 saturated heterocycles. The number of hydrogen-bond acceptors (Lipinski definition) is 4. The summed E-state index contributed by atoms with van der Waals surface area (Å²) < 4.78 is 31.6. The van der Waals surface area contributed by atoms with Crippen molar-refractivity contribution in [3.63, 3.8) is 0 Å². The Balaban J connectivity index is 2.50. The van der Waals surface area contributed by atoms with Gasteiger partial charge in [0, 0.05) is 11.6 Å². The Kier molecular flexibility index (Phi) is 4.73. The minimum Gasteiger partial charge on any atom is -0.494 e. The minimum atomic E-state index is -3.78. The van der Waals surface area contributed by atoms with Gasteiger partial charge in [0.1, 0.15) is 4.90 Å². The first kappa shape index (κ1) is 15.1. The van der Waals surface area contributed by atoms with Gasteiger partial charge in [-0.3, -0.25) is 4.84 Å². The van der Waals surface area contributed by atoms with Gasteiger partial charge >= 0.3 is 0 Å². The molecule has 106 valence electrons. The monoisotopic (exact) mass is 369 g/mol. The summed E-state index contributed by atoms with van der Waals surface area (Å²) in [5, 5.41) is 0.309. The van der Waals surface area contributed by atoms with Gasteiger partial charge in [-0.2, -0.15) is 0 Å². The van der Waals surface area contributed by atoms with Gasteiger partial charge in [-0.15, -0.1) is 0 Å². The van der Waals surface area contributed by atoms with Crippen LogP contribution in [-0.2, 0) is 14.9 Å². The maximum Gasteiger partial charge on any atom is 0.268 e. The molecule has 0 atom stereocenters. The lowest BCUT2D eigenvalue weighted by Crippen LogP contribution is -2.35. The SMILES string of the molecule is COc1c(Br)cc(Cl)cc1S(=O)(=O)N1CCCCO1. The standard InChI is InChI=1S/C11H13BrClNO4S/c1-17-11-9(12)6-8(13)7-10(11)19(15,16)14-4-2-3-5-18-14/h6-7H,2-5H2,1H3. The van der Waals surface area contributed by atoms with Gasteiger partial charge in [-0.25, -0.2) is 8.42 Å². The molecule has 0 N–H and O–H groups in total. The van der Waals surface area contributed by atoms with Gasteiger partial charge in [-0.1, -0.05) is 16.1 Å². The molecule has 0 saturated carbocycles. The van der Waals surface area contributed by atoms with E-state index in [-0.39, 0.29) is 10.6 Å². The van der Waals surface area contributed by atoms with Crippen LogP contribution in [0.1, 0.15) is 12.8 Å². The summed E-state index contributed by atoms with van der Waals surface area (Å²) in [6.07, 6.45) is 1.62. The summed E-state index contributed by atoms with van der Waals surface area (Å²) in [5.41, 5.74) is 0. The van der Waals surface area contributed by atoms with E-state index in [0.717, 1.165) is 17.3 Å². The van der Waals surface area contributed by atoms with Crippen LogP contribution in [0.25, 0.3) is 0 Å². The number of benzene rings is 1. The number of methoxy groups -OCH3 is 1. The number of ether oxygens (including phenoxy) is 1. The molecule has 8 heteroatoms. The van der Waals surface area contributed by atoms with Crippen molar-refractivity contribution in [2.75, 3.05) is 20.3 Å². The van der Waals surface area contributed by atoms with E-state index in [9.17, 15) is 8.42 Å². The molecule has 0 aliphatic carbocycles. The molecular weight excluding hydrogens is 358 g/mol. The van der Waals surface area contributed by atoms with Gasteiger partial charge in [0.2, 0.25) is 0 Å². The second-order valence-corrected chi connectivity index (χ2v) is 7.08. The molecule has 1 aromatic carbocycles. The molecule has 0 radical (unpaired) electrons. The van der Waals surface area contributed by atoms with Crippen LogP contribution in [0.3, 0.4) is 0 Å². The van der Waals surface area contributed by atoms with E-state index in [1.807, 2.05) is 0 Å². The Morgan fingerprint density at radius 2 is 2.16 bits per heavy atom. The highest BCUT2D eigenvalue weighted by molar-refractivity contribution is 9.10. The highest BCUT2D eigenvalue weighted by atomic mass is 79.9. The largest absolute Gasteiger partial charge is 0.494 e. The van der Waals surface area contributed by atoms with Crippen molar-refractivity contribution in [1.29, 1.82) is 0 Å². The van der Waals surface area contributed by atoms with Crippen LogP contribution in [0, 0.1) is 0 Å². The summed E-state index contributed by atoms with van der Waals surface area (Å²) >= 11 is 9.16. The van der Waals surface area contributed by atoms with Crippen molar-refractivity contribution < 1.29 is 18.0 Å². The van der Waals surface area contributed by atoms with E-state index >= 15 is 0 Å². The first-order valence-corrected chi connectivity index (χ1v) is 8.26. The Bertz CT molecular complexity index is 572. The third-order valence-electron chi connectivity index (χ3n) is 2.69. The Morgan fingerprint density at radius 1 is 1.42 bits per heavy atom. The topological polar surface area (TPSA) is 55.8 Å². The second-order valence-electron chi connectivity index (χ2n) is 3.99. The fourth-order valence-electron chi connectivity index (χ4n) is 1.80. The number of rotatable bonds is 3. The summed E-state index contributed by atoms with van der Waals surface area (Å²) in [6.45, 7) is 0.721. The van der Waals surface area contributed by atoms with Crippen molar-refractivity contribution >= 4 is 37.6 Å². The summed E-state index contributed by atoms with van der Waals surface area (Å²) in [4.78, 5) is 5.20. The van der Waals surface area contributed by atoms with Crippen LogP contribution >= 0.6 is 27.5 Å². The highest BCUT2D eigenvalue weighted by Crippen LogP contribution is 2.37. The predicted octanol–water partition coefficient (Wildman–Crippen LogP) is 2.83. The Hall–Kier alpha value is -0.340. The molecule has 0 spiro atoms. The third-order valence-corrected chi connectivity index (χ3v) is 5.19. The maximum absolute atomic E-state index is 12.5. The average Bonchev–Trinajstić information content (AvgIpc) is 2.39. The lowest BCUT2D eigenvalue weighted by Gasteiger charge is -2.26. The zero-order chi connectivity index (χ0) is 14.0. The lowest BCUT2D eigenvalue weighted by molar-refractivity contribution is -0.108. The fraction of sp³-hybridized carbons (Fsp3) is 0.455. The molecule has 1 heterocycles. The quantitative estimate of drug-likeness (QED) is 0.821. The van der Waals surface area contributed by atoms with Crippen LogP contribution in [0.15, 0.2) is 21.5 Å². The van der Waals surface area contributed by atoms with Crippen molar-refractivity contribution in [1.82, 2.24) is 4.47 Å². The first-order chi connectivity index (χ1) is 8.96. The van der Waals surface area contributed by atoms with Crippen molar-refractivity contribution in [3.05, 3.63) is 21.6 Å². The number of nitrogens with zero attached hydrogens (tertiary/aromatic N) is 1. The zero-order valence-electron chi connectivity index (χ0n) is 10.2. The summed E-state index contributed by atoms with van der Waals surface area (Å²) in [7, 11) is -2.37. The number of hydroxylamine groups is 1. The molecular formula is C11H13BrClNO4S. The second kappa shape index (κ2) is 5.97. The van der Waals surface area contributed by atoms with Crippen LogP contribution < -0.4 is 4.74 Å². The molecule has 1 aliphatic heterocycles. The maximum atomic E-state index is 12.5. The van der Waals surface area contributed by atoms with Crippen molar-refractivity contribution in [3.8, 4) is 5.75 Å². The van der Waals surface area contributed by atoms with Gasteiger partial charge in [0.15, 0.2) is 5.75 Å². The molecule has 0 amide bonds. The van der Waals surface area contributed by atoms with Gasteiger partial charge < -0.3 is 4.74 Å². The molecule has 1 fully saturated rings. The molecule has 19 heavy (non-hydrogen) atoms. The van der Waals surface area contributed by atoms with Crippen molar-refractivity contribution in [2.24, 2.45) is 0 Å². The molecule has 1 aromatic rings. The highest BCUT2D eigenvalue weighted by Gasteiger charge is 2.31. The van der Waals surface area contributed by atoms with Gasteiger partial charge in [-0.05, 0) is 40.9 Å². The van der Waals surface area contributed by atoms with Crippen molar-refractivity contribution in [2.45, 2.75) is 17.7 Å². The van der Waals surface area contributed by atoms with Crippen LogP contribution in [0.4, 0.5) is 0 Å². The first-order valence-electron chi connectivity index (χ1n) is 5.65. The van der Waals surface area contributed by atoms with Crippen LogP contribution in [0.2, 0.25) is 5.02 Å². The fourth-order valence-corrected chi connectivity index (χ4v) is 4.47. The van der Waals surface area contributed by atoms with E-state index in [0.29, 0.717) is 22.6 Å². The molecule has 1 aliphatic rings. The average molecular weight is 371 g/mol. The molecule has 0 unspecified atom stereocenters. The smallest absolute Gasteiger partial charge is 0.268 e. The molecule has 0 bridgehead atoms. The summed E-state index contributed by atoms with van der Waals surface area (Å²) in [5.74, 6) is 0.221. The van der Waals surface area contributed by atoms with E-state index < -0.39 is 10.0 Å².